The van der Waals surface area contributed by atoms with E-state index in [1.807, 2.05) is 13.1 Å². The first kappa shape index (κ1) is 15.9. The van der Waals surface area contributed by atoms with E-state index in [-0.39, 0.29) is 19.0 Å². The molecule has 0 spiro atoms. The van der Waals surface area contributed by atoms with E-state index in [1.54, 1.807) is 43.3 Å². The molecule has 0 amide bonds. The van der Waals surface area contributed by atoms with Gasteiger partial charge in [0.25, 0.3) is 0 Å². The van der Waals surface area contributed by atoms with Crippen LogP contribution in [0.3, 0.4) is 0 Å². The standard InChI is InChI=1S/C16H20N2O4/c1-12-9-17-18(10-12)7-6-16(19)22-11-13-8-14(20-2)4-5-15(13)21-3/h4-5,8-10H,6-7,11H2,1-3H3. The quantitative estimate of drug-likeness (QED) is 0.735. The molecule has 6 heteroatoms. The molecule has 1 aromatic heterocycles. The maximum atomic E-state index is 11.8. The fourth-order valence-electron chi connectivity index (χ4n) is 2.02. The largest absolute Gasteiger partial charge is 0.497 e. The van der Waals surface area contributed by atoms with E-state index in [0.717, 1.165) is 11.1 Å². The highest BCUT2D eigenvalue weighted by molar-refractivity contribution is 5.69. The highest BCUT2D eigenvalue weighted by atomic mass is 16.5. The van der Waals surface area contributed by atoms with Crippen LogP contribution in [-0.4, -0.2) is 30.0 Å². The van der Waals surface area contributed by atoms with Gasteiger partial charge in [-0.15, -0.1) is 0 Å². The van der Waals surface area contributed by atoms with E-state index in [4.69, 9.17) is 14.2 Å². The Hall–Kier alpha value is -2.50. The van der Waals surface area contributed by atoms with Crippen LogP contribution in [-0.2, 0) is 22.7 Å². The number of carbonyl (C=O) groups is 1. The number of aromatic nitrogens is 2. The molecule has 1 heterocycles. The fourth-order valence-corrected chi connectivity index (χ4v) is 2.02. The van der Waals surface area contributed by atoms with Gasteiger partial charge in [0, 0.05) is 11.8 Å². The first-order valence-electron chi connectivity index (χ1n) is 6.98. The Kier molecular flexibility index (Phi) is 5.41. The first-order valence-corrected chi connectivity index (χ1v) is 6.98. The van der Waals surface area contributed by atoms with Crippen LogP contribution < -0.4 is 9.47 Å². The van der Waals surface area contributed by atoms with Crippen LogP contribution in [0.4, 0.5) is 0 Å². The Morgan fingerprint density at radius 2 is 2.09 bits per heavy atom. The monoisotopic (exact) mass is 304 g/mol. The number of esters is 1. The maximum Gasteiger partial charge on any atom is 0.308 e. The minimum Gasteiger partial charge on any atom is -0.497 e. The van der Waals surface area contributed by atoms with Crippen molar-refractivity contribution in [1.82, 2.24) is 9.78 Å². The summed E-state index contributed by atoms with van der Waals surface area (Å²) in [5, 5.41) is 4.13. The van der Waals surface area contributed by atoms with Crippen molar-refractivity contribution in [3.8, 4) is 11.5 Å². The Morgan fingerprint density at radius 1 is 1.27 bits per heavy atom. The van der Waals surface area contributed by atoms with Crippen LogP contribution >= 0.6 is 0 Å². The SMILES string of the molecule is COc1ccc(OC)c(COC(=O)CCn2cc(C)cn2)c1. The number of hydrogen-bond acceptors (Lipinski definition) is 5. The Balaban J connectivity index is 1.87. The maximum absolute atomic E-state index is 11.8. The Morgan fingerprint density at radius 3 is 2.73 bits per heavy atom. The number of ether oxygens (including phenoxy) is 3. The third-order valence-electron chi connectivity index (χ3n) is 3.18. The normalized spacial score (nSPS) is 10.3. The minimum absolute atomic E-state index is 0.150. The number of methoxy groups -OCH3 is 2. The molecule has 2 rings (SSSR count). The van der Waals surface area contributed by atoms with Gasteiger partial charge in [-0.25, -0.2) is 0 Å². The zero-order valence-corrected chi connectivity index (χ0v) is 13.0. The summed E-state index contributed by atoms with van der Waals surface area (Å²) in [7, 11) is 3.16. The van der Waals surface area contributed by atoms with E-state index in [1.165, 1.54) is 0 Å². The lowest BCUT2D eigenvalue weighted by molar-refractivity contribution is -0.145. The summed E-state index contributed by atoms with van der Waals surface area (Å²) in [5.41, 5.74) is 1.83. The molecule has 0 N–H and O–H groups in total. The predicted octanol–water partition coefficient (Wildman–Crippen LogP) is 2.34. The fraction of sp³-hybridized carbons (Fsp3) is 0.375. The van der Waals surface area contributed by atoms with E-state index in [9.17, 15) is 4.79 Å². The number of benzene rings is 1. The average molecular weight is 304 g/mol. The van der Waals surface area contributed by atoms with Gasteiger partial charge in [-0.05, 0) is 30.7 Å². The third-order valence-corrected chi connectivity index (χ3v) is 3.18. The Bertz CT molecular complexity index is 637. The van der Waals surface area contributed by atoms with Crippen LogP contribution in [0.25, 0.3) is 0 Å². The van der Waals surface area contributed by atoms with Gasteiger partial charge in [0.05, 0.1) is 33.4 Å². The molecule has 118 valence electrons. The molecule has 1 aromatic carbocycles. The zero-order chi connectivity index (χ0) is 15.9. The topological polar surface area (TPSA) is 62.6 Å². The summed E-state index contributed by atoms with van der Waals surface area (Å²) in [6.07, 6.45) is 3.91. The summed E-state index contributed by atoms with van der Waals surface area (Å²) in [5.74, 6) is 1.08. The molecule has 22 heavy (non-hydrogen) atoms. The predicted molar refractivity (Wildman–Crippen MR) is 80.9 cm³/mol. The molecular weight excluding hydrogens is 284 g/mol. The second kappa shape index (κ2) is 7.49. The van der Waals surface area contributed by atoms with Gasteiger partial charge in [-0.1, -0.05) is 0 Å². The summed E-state index contributed by atoms with van der Waals surface area (Å²) in [6, 6.07) is 5.38. The van der Waals surface area contributed by atoms with Crippen molar-refractivity contribution in [2.75, 3.05) is 14.2 Å². The van der Waals surface area contributed by atoms with E-state index in [0.29, 0.717) is 18.0 Å². The number of hydrogen-bond donors (Lipinski definition) is 0. The second-order valence-corrected chi connectivity index (χ2v) is 4.87. The summed E-state index contributed by atoms with van der Waals surface area (Å²) in [4.78, 5) is 11.8. The van der Waals surface area contributed by atoms with Crippen LogP contribution in [0.5, 0.6) is 11.5 Å². The van der Waals surface area contributed by atoms with E-state index in [2.05, 4.69) is 5.10 Å². The van der Waals surface area contributed by atoms with Crippen LogP contribution in [0, 0.1) is 6.92 Å². The highest BCUT2D eigenvalue weighted by Crippen LogP contribution is 2.24. The lowest BCUT2D eigenvalue weighted by Gasteiger charge is -2.11. The van der Waals surface area contributed by atoms with Crippen LogP contribution in [0.1, 0.15) is 17.5 Å². The lowest BCUT2D eigenvalue weighted by Crippen LogP contribution is -2.10. The number of carbonyl (C=O) groups excluding carboxylic acids is 1. The smallest absolute Gasteiger partial charge is 0.308 e. The van der Waals surface area contributed by atoms with Gasteiger partial charge in [0.15, 0.2) is 0 Å². The molecule has 0 saturated carbocycles. The molecule has 0 bridgehead atoms. The van der Waals surface area contributed by atoms with Crippen LogP contribution in [0.15, 0.2) is 30.6 Å². The number of aryl methyl sites for hydroxylation is 2. The van der Waals surface area contributed by atoms with Crippen molar-refractivity contribution < 1.29 is 19.0 Å². The third kappa shape index (κ3) is 4.25. The minimum atomic E-state index is -0.280. The molecule has 0 atom stereocenters. The molecule has 0 saturated heterocycles. The molecule has 0 aliphatic heterocycles. The molecule has 0 aliphatic carbocycles. The van der Waals surface area contributed by atoms with Gasteiger partial charge in [-0.3, -0.25) is 9.48 Å². The summed E-state index contributed by atoms with van der Waals surface area (Å²) < 4.78 is 17.4. The van der Waals surface area contributed by atoms with Crippen molar-refractivity contribution >= 4 is 5.97 Å². The molecular formula is C16H20N2O4. The summed E-state index contributed by atoms with van der Waals surface area (Å²) in [6.45, 7) is 2.61. The van der Waals surface area contributed by atoms with E-state index < -0.39 is 0 Å². The van der Waals surface area contributed by atoms with E-state index >= 15 is 0 Å². The highest BCUT2D eigenvalue weighted by Gasteiger charge is 2.09. The molecule has 0 fully saturated rings. The van der Waals surface area contributed by atoms with Gasteiger partial charge in [0.1, 0.15) is 18.1 Å². The number of rotatable bonds is 7. The average Bonchev–Trinajstić information content (AvgIpc) is 2.96. The lowest BCUT2D eigenvalue weighted by atomic mass is 10.2. The van der Waals surface area contributed by atoms with Gasteiger partial charge >= 0.3 is 5.97 Å². The zero-order valence-electron chi connectivity index (χ0n) is 13.0. The summed E-state index contributed by atoms with van der Waals surface area (Å²) >= 11 is 0. The molecule has 0 unspecified atom stereocenters. The second-order valence-electron chi connectivity index (χ2n) is 4.87. The first-order chi connectivity index (χ1) is 10.6. The number of nitrogens with zero attached hydrogens (tertiary/aromatic N) is 2. The molecule has 0 radical (unpaired) electrons. The van der Waals surface area contributed by atoms with Crippen molar-refractivity contribution in [2.24, 2.45) is 0 Å². The molecule has 0 aliphatic rings. The van der Waals surface area contributed by atoms with Gasteiger partial charge in [-0.2, -0.15) is 5.10 Å². The van der Waals surface area contributed by atoms with Gasteiger partial charge in [0.2, 0.25) is 0 Å². The van der Waals surface area contributed by atoms with Crippen molar-refractivity contribution in [1.29, 1.82) is 0 Å². The van der Waals surface area contributed by atoms with Crippen LogP contribution in [0.2, 0.25) is 0 Å². The van der Waals surface area contributed by atoms with Crippen molar-refractivity contribution in [3.05, 3.63) is 41.7 Å². The molecule has 6 nitrogen and oxygen atoms in total. The van der Waals surface area contributed by atoms with Crippen molar-refractivity contribution in [2.45, 2.75) is 26.5 Å². The Labute approximate surface area is 129 Å². The molecule has 2 aromatic rings. The van der Waals surface area contributed by atoms with Gasteiger partial charge < -0.3 is 14.2 Å². The van der Waals surface area contributed by atoms with Crippen molar-refractivity contribution in [3.63, 3.8) is 0 Å².